The largest absolute Gasteiger partial charge is 0.474 e. The summed E-state index contributed by atoms with van der Waals surface area (Å²) in [5.74, 6) is -10.3. The number of alkyl halides is 3. The van der Waals surface area contributed by atoms with Crippen LogP contribution in [0.3, 0.4) is 0 Å². The molecule has 0 aromatic rings. The van der Waals surface area contributed by atoms with Crippen molar-refractivity contribution in [1.82, 2.24) is 0 Å². The minimum absolute atomic E-state index is 3.44. The number of phosphoric ester groups is 1. The van der Waals surface area contributed by atoms with Crippen molar-refractivity contribution in [3.63, 3.8) is 0 Å². The van der Waals surface area contributed by atoms with Gasteiger partial charge in [-0.1, -0.05) is 0 Å². The topological polar surface area (TPSA) is 44.8 Å². The van der Waals surface area contributed by atoms with E-state index in [0.29, 0.717) is 0 Å². The third kappa shape index (κ3) is 7.30. The van der Waals surface area contributed by atoms with Gasteiger partial charge in [0.1, 0.15) is 0 Å². The fourth-order valence-corrected chi connectivity index (χ4v) is 1.14. The Morgan fingerprint density at radius 1 is 0.929 bits per heavy atom. The first-order valence-corrected chi connectivity index (χ1v) is 5.25. The van der Waals surface area contributed by atoms with Gasteiger partial charge < -0.3 is 0 Å². The standard InChI is InChI=1S/C6H12Cl3O4P/c7-1-4-11-14(10,12-5-2-8)13-6-3-9/h1-6H2/i1D2,2D2,3D2,4D2,5D2,6D2. The number of halogens is 3. The summed E-state index contributed by atoms with van der Waals surface area (Å²) in [4.78, 5) is 0. The van der Waals surface area contributed by atoms with E-state index in [1.165, 1.54) is 0 Å². The molecule has 0 rings (SSSR count). The van der Waals surface area contributed by atoms with Crippen LogP contribution in [-0.4, -0.2) is 37.2 Å². The molecule has 0 bridgehead atoms. The van der Waals surface area contributed by atoms with Crippen molar-refractivity contribution in [2.75, 3.05) is 37.2 Å². The summed E-state index contributed by atoms with van der Waals surface area (Å²) in [6.45, 7) is -11.3. The van der Waals surface area contributed by atoms with Crippen molar-refractivity contribution in [3.8, 4) is 0 Å². The van der Waals surface area contributed by atoms with Crippen molar-refractivity contribution >= 4 is 42.6 Å². The Morgan fingerprint density at radius 3 is 1.43 bits per heavy atom. The molecule has 0 aliphatic rings. The molecule has 0 fully saturated rings. The maximum absolute atomic E-state index is 12.5. The Kier molecular flexibility index (Phi) is 2.86. The highest BCUT2D eigenvalue weighted by Crippen LogP contribution is 2.49. The molecular formula is C6H12Cl3O4P. The molecule has 0 unspecified atom stereocenters. The predicted octanol–water partition coefficient (Wildman–Crippen LogP) is 2.86. The molecule has 0 aliphatic carbocycles. The molecule has 0 N–H and O–H groups in total. The van der Waals surface area contributed by atoms with Gasteiger partial charge >= 0.3 is 7.82 Å². The lowest BCUT2D eigenvalue weighted by Gasteiger charge is -2.16. The van der Waals surface area contributed by atoms with E-state index in [0.717, 1.165) is 0 Å². The van der Waals surface area contributed by atoms with Gasteiger partial charge in [-0.05, 0) is 0 Å². The normalized spacial score (nSPS) is 30.8. The van der Waals surface area contributed by atoms with Crippen LogP contribution in [0.2, 0.25) is 0 Å². The van der Waals surface area contributed by atoms with E-state index in [1.54, 1.807) is 0 Å². The number of phosphoric acid groups is 1. The van der Waals surface area contributed by atoms with E-state index in [2.05, 4.69) is 13.6 Å². The maximum Gasteiger partial charge on any atom is 0.474 e. The summed E-state index contributed by atoms with van der Waals surface area (Å²) in [6.07, 6.45) is 0. The summed E-state index contributed by atoms with van der Waals surface area (Å²) < 4.78 is 111. The predicted molar refractivity (Wildman–Crippen MR) is 57.6 cm³/mol. The van der Waals surface area contributed by atoms with Crippen LogP contribution in [0.25, 0.3) is 0 Å². The van der Waals surface area contributed by atoms with Gasteiger partial charge in [0.25, 0.3) is 0 Å². The maximum atomic E-state index is 12.5. The highest BCUT2D eigenvalue weighted by atomic mass is 35.5. The molecule has 86 valence electrons. The fourth-order valence-electron chi connectivity index (χ4n) is 0.275. The quantitative estimate of drug-likeness (QED) is 0.485. The van der Waals surface area contributed by atoms with E-state index in [9.17, 15) is 4.57 Å². The van der Waals surface area contributed by atoms with Gasteiger partial charge in [0.05, 0.1) is 27.9 Å². The Hall–Kier alpha value is 0.980. The summed E-state index contributed by atoms with van der Waals surface area (Å²) in [5, 5.41) is 0. The molecule has 0 saturated carbocycles. The van der Waals surface area contributed by atoms with Crippen LogP contribution < -0.4 is 0 Å². The molecule has 0 aromatic heterocycles. The number of hydrogen-bond donors (Lipinski definition) is 0. The number of rotatable bonds is 9. The first-order valence-electron chi connectivity index (χ1n) is 8.66. The van der Waals surface area contributed by atoms with Gasteiger partial charge in [0, 0.05) is 25.7 Å². The van der Waals surface area contributed by atoms with Gasteiger partial charge in [-0.2, -0.15) is 0 Å². The molecule has 0 aromatic carbocycles. The monoisotopic (exact) mass is 296 g/mol. The zero-order valence-corrected chi connectivity index (χ0v) is 9.38. The Balaban J connectivity index is 6.10. The summed E-state index contributed by atoms with van der Waals surface area (Å²) in [5.41, 5.74) is 0. The van der Waals surface area contributed by atoms with Crippen molar-refractivity contribution < 1.29 is 34.6 Å². The van der Waals surface area contributed by atoms with E-state index < -0.39 is 45.0 Å². The molecule has 0 amide bonds. The summed E-state index contributed by atoms with van der Waals surface area (Å²) in [7, 11) is -5.97. The lowest BCUT2D eigenvalue weighted by atomic mass is 10.9. The molecule has 14 heavy (non-hydrogen) atoms. The lowest BCUT2D eigenvalue weighted by molar-refractivity contribution is 0.128. The average molecular weight is 298 g/mol. The zero-order chi connectivity index (χ0) is 21.6. The molecular weight excluding hydrogens is 273 g/mol. The highest BCUT2D eigenvalue weighted by Gasteiger charge is 2.25. The van der Waals surface area contributed by atoms with Crippen LogP contribution in [0.15, 0.2) is 0 Å². The number of hydrogen-bond acceptors (Lipinski definition) is 4. The van der Waals surface area contributed by atoms with Crippen LogP contribution in [-0.2, 0) is 18.1 Å². The lowest BCUT2D eigenvalue weighted by Crippen LogP contribution is -2.05. The van der Waals surface area contributed by atoms with E-state index in [1.807, 2.05) is 0 Å². The van der Waals surface area contributed by atoms with Gasteiger partial charge in [-0.15, -0.1) is 34.8 Å². The third-order valence-electron chi connectivity index (χ3n) is 0.588. The fraction of sp³-hybridized carbons (Fsp3) is 1.00. The molecule has 0 atom stereocenters. The van der Waals surface area contributed by atoms with Crippen LogP contribution in [0.4, 0.5) is 0 Å². The minimum atomic E-state index is -5.97. The van der Waals surface area contributed by atoms with E-state index >= 15 is 0 Å². The zero-order valence-electron chi connectivity index (χ0n) is 18.2. The molecule has 0 spiro atoms. The Labute approximate surface area is 115 Å². The SMILES string of the molecule is [2H]C([2H])(Cl)C([2H])([2H])OP(=O)(OC([2H])([2H])C([2H])([2H])Cl)OC([2H])([2H])C([2H])([2H])Cl. The Bertz CT molecular complexity index is 479. The second-order valence-electron chi connectivity index (χ2n) is 1.31. The molecule has 8 heteroatoms. The van der Waals surface area contributed by atoms with Crippen molar-refractivity contribution in [3.05, 3.63) is 0 Å². The minimum Gasteiger partial charge on any atom is -0.286 e. The van der Waals surface area contributed by atoms with Crippen molar-refractivity contribution in [2.24, 2.45) is 0 Å². The Morgan fingerprint density at radius 2 is 1.21 bits per heavy atom. The van der Waals surface area contributed by atoms with Gasteiger partial charge in [0.2, 0.25) is 0 Å². The first kappa shape index (κ1) is 4.34. The summed E-state index contributed by atoms with van der Waals surface area (Å²) >= 11 is 15.2. The van der Waals surface area contributed by atoms with Crippen LogP contribution in [0.5, 0.6) is 0 Å². The van der Waals surface area contributed by atoms with Crippen LogP contribution in [0.1, 0.15) is 16.4 Å². The molecule has 0 heterocycles. The van der Waals surface area contributed by atoms with Gasteiger partial charge in [0.15, 0.2) is 0 Å². The second kappa shape index (κ2) is 9.22. The molecule has 0 aliphatic heterocycles. The first-order chi connectivity index (χ1) is 10.9. The smallest absolute Gasteiger partial charge is 0.286 e. The van der Waals surface area contributed by atoms with Gasteiger partial charge in [-0.25, -0.2) is 4.57 Å². The van der Waals surface area contributed by atoms with Gasteiger partial charge in [-0.3, -0.25) is 13.6 Å². The van der Waals surface area contributed by atoms with Crippen molar-refractivity contribution in [2.45, 2.75) is 0 Å². The summed E-state index contributed by atoms with van der Waals surface area (Å²) in [6, 6.07) is 0. The molecule has 0 saturated heterocycles. The highest BCUT2D eigenvalue weighted by molar-refractivity contribution is 7.48. The van der Waals surface area contributed by atoms with Crippen LogP contribution in [0, 0.1) is 0 Å². The second-order valence-corrected chi connectivity index (χ2v) is 3.32. The van der Waals surface area contributed by atoms with Crippen molar-refractivity contribution in [1.29, 1.82) is 0 Å². The molecule has 4 nitrogen and oxygen atoms in total. The van der Waals surface area contributed by atoms with E-state index in [4.69, 9.17) is 51.3 Å². The van der Waals surface area contributed by atoms with E-state index in [-0.39, 0.29) is 0 Å². The average Bonchev–Trinajstić information content (AvgIpc) is 2.19. The van der Waals surface area contributed by atoms with Crippen LogP contribution >= 0.6 is 42.6 Å². The molecule has 0 radical (unpaired) electrons. The third-order valence-corrected chi connectivity index (χ3v) is 1.76.